The van der Waals surface area contributed by atoms with Crippen molar-refractivity contribution in [3.63, 3.8) is 0 Å². The van der Waals surface area contributed by atoms with Crippen LogP contribution in [0.3, 0.4) is 0 Å². The van der Waals surface area contributed by atoms with Gasteiger partial charge in [-0.2, -0.15) is 9.13 Å². The van der Waals surface area contributed by atoms with E-state index in [0.717, 1.165) is 0 Å². The van der Waals surface area contributed by atoms with Gasteiger partial charge in [-0.3, -0.25) is 0 Å². The summed E-state index contributed by atoms with van der Waals surface area (Å²) in [5, 5.41) is 15.2. The molecule has 0 aliphatic carbocycles. The van der Waals surface area contributed by atoms with E-state index in [9.17, 15) is 0 Å². The van der Waals surface area contributed by atoms with Crippen molar-refractivity contribution < 1.29 is 18.3 Å². The number of nitrogens with zero attached hydrogens (tertiary/aromatic N) is 8. The Bertz CT molecular complexity index is 5570. The van der Waals surface area contributed by atoms with Crippen molar-refractivity contribution in [2.45, 2.75) is 11.8 Å². The van der Waals surface area contributed by atoms with Crippen LogP contribution in [0.1, 0.15) is 11.4 Å². The van der Waals surface area contributed by atoms with Crippen LogP contribution in [-0.4, -0.2) is 19.1 Å². The molecular formula is C58H26N10+6. The van der Waals surface area contributed by atoms with Crippen molar-refractivity contribution >= 4 is 112 Å². The van der Waals surface area contributed by atoms with Crippen molar-refractivity contribution in [2.75, 3.05) is 0 Å². The van der Waals surface area contributed by atoms with Crippen LogP contribution in [0.25, 0.3) is 157 Å². The number of aromatic nitrogens is 8. The Morgan fingerprint density at radius 3 is 1.54 bits per heavy atom. The minimum absolute atomic E-state index is 0.775. The number of fused-ring (bicyclic) bond motifs is 10. The second kappa shape index (κ2) is 8.40. The normalized spacial score (nSPS) is 20.8. The van der Waals surface area contributed by atoms with Crippen LogP contribution in [0.4, 0.5) is 0 Å². The Morgan fingerprint density at radius 1 is 0.397 bits per heavy atom. The average Bonchev–Trinajstić information content (AvgIpc) is 4.25. The number of benzene rings is 5. The highest BCUT2D eigenvalue weighted by molar-refractivity contribution is 6.14. The van der Waals surface area contributed by atoms with Gasteiger partial charge in [0, 0.05) is 93.5 Å². The molecule has 2 unspecified atom stereocenters. The summed E-state index contributed by atoms with van der Waals surface area (Å²) < 4.78 is 21.9. The van der Waals surface area contributed by atoms with Crippen LogP contribution in [0.5, 0.6) is 0 Å². The fourth-order valence-electron chi connectivity index (χ4n) is 16.5. The summed E-state index contributed by atoms with van der Waals surface area (Å²) >= 11 is 0. The zero-order chi connectivity index (χ0) is 42.5. The summed E-state index contributed by atoms with van der Waals surface area (Å²) in [5.41, 5.74) is 25.1. The number of pyridine rings is 4. The molecule has 10 heteroatoms. The molecule has 0 saturated heterocycles. The summed E-state index contributed by atoms with van der Waals surface area (Å²) in [7, 11) is 0. The van der Waals surface area contributed by atoms with E-state index in [4.69, 9.17) is 0 Å². The third kappa shape index (κ3) is 2.37. The molecule has 68 heavy (non-hydrogen) atoms. The molecule has 8 aromatic heterocycles. The maximum absolute atomic E-state index is 3.59. The van der Waals surface area contributed by atoms with Crippen LogP contribution < -0.4 is 48.6 Å². The molecular weight excluding hydrogens is 837 g/mol. The van der Waals surface area contributed by atoms with Crippen LogP contribution in [0, 0.1) is 0 Å². The number of nitrogens with one attached hydrogen (secondary N) is 2. The first-order valence-electron chi connectivity index (χ1n) is 23.8. The second-order valence-electron chi connectivity index (χ2n) is 20.7. The molecule has 0 amide bonds. The first kappa shape index (κ1) is 30.0. The smallest absolute Gasteiger partial charge is 0.361 e. The number of H-pyrrole nitrogens is 2. The maximum Gasteiger partial charge on any atom is 0.667 e. The summed E-state index contributed by atoms with van der Waals surface area (Å²) in [5.74, 6) is -1.55. The standard InChI is InChI=1S/C58H24N10/c1-3-27-7-11-43-47-37-24-34-22-32-18-30-20-40-36(14-16-60-40)46-42-10-6-26-2-4-28-8-12-44-48(56(37)64(34)58(62(32)50(30)46)66(42)52(26)54(28)68(44)58)38-23-33-21-31-17-29-19-39-35(13-15-59-39)45-41-9-5-25(1)51-53(27)67(43)57(65(41)51,61(31)49(29)45)63(33)55(38)47/h1-24H/q+4/p+2. The third-order valence-corrected chi connectivity index (χ3v) is 18.3. The maximum atomic E-state index is 3.59. The van der Waals surface area contributed by atoms with Crippen LogP contribution in [0.2, 0.25) is 0 Å². The van der Waals surface area contributed by atoms with Crippen molar-refractivity contribution in [2.24, 2.45) is 0 Å². The monoisotopic (exact) mass is 862 g/mol. The quantitative estimate of drug-likeness (QED) is 0.162. The van der Waals surface area contributed by atoms with Gasteiger partial charge in [0.15, 0.2) is 0 Å². The molecule has 23 rings (SSSR count). The molecule has 0 fully saturated rings. The zero-order valence-electron chi connectivity index (χ0n) is 35.4. The van der Waals surface area contributed by atoms with Crippen LogP contribution in [0.15, 0.2) is 133 Å². The number of hydrogen-bond acceptors (Lipinski definition) is 0. The van der Waals surface area contributed by atoms with E-state index in [-0.39, 0.29) is 0 Å². The number of rotatable bonds is 0. The van der Waals surface area contributed by atoms with Crippen molar-refractivity contribution in [3.8, 4) is 45.0 Å². The van der Waals surface area contributed by atoms with Crippen molar-refractivity contribution in [3.05, 3.63) is 166 Å². The van der Waals surface area contributed by atoms with Gasteiger partial charge in [0.2, 0.25) is 44.9 Å². The molecule has 13 aromatic rings. The molecule has 302 valence electrons. The van der Waals surface area contributed by atoms with Gasteiger partial charge in [-0.05, 0) is 112 Å². The summed E-state index contributed by atoms with van der Waals surface area (Å²) in [6.45, 7) is 0. The summed E-state index contributed by atoms with van der Waals surface area (Å²) in [4.78, 5) is 7.19. The van der Waals surface area contributed by atoms with Gasteiger partial charge in [-0.15, -0.1) is 0 Å². The van der Waals surface area contributed by atoms with E-state index in [2.05, 4.69) is 192 Å². The van der Waals surface area contributed by atoms with Gasteiger partial charge in [-0.1, -0.05) is 0 Å². The van der Waals surface area contributed by atoms with Gasteiger partial charge in [0.25, 0.3) is 0 Å². The number of hydrogen-bond donors (Lipinski definition) is 2. The molecule has 2 N–H and O–H groups in total. The topological polar surface area (TPSA) is 63.0 Å². The lowest BCUT2D eigenvalue weighted by Gasteiger charge is -2.30. The molecule has 18 heterocycles. The number of aromatic amines is 2. The van der Waals surface area contributed by atoms with Crippen molar-refractivity contribution in [1.82, 2.24) is 28.3 Å². The Hall–Kier alpha value is -9.28. The molecule has 10 nitrogen and oxygen atoms in total. The van der Waals surface area contributed by atoms with E-state index in [1.165, 1.54) is 176 Å². The van der Waals surface area contributed by atoms with Gasteiger partial charge in [0.1, 0.15) is 11.1 Å². The van der Waals surface area contributed by atoms with Crippen molar-refractivity contribution in [1.29, 1.82) is 0 Å². The Balaban J connectivity index is 1.01. The largest absolute Gasteiger partial charge is 0.667 e. The zero-order valence-corrected chi connectivity index (χ0v) is 35.4. The highest BCUT2D eigenvalue weighted by Gasteiger charge is 2.81. The molecule has 2 spiro atoms. The van der Waals surface area contributed by atoms with Gasteiger partial charge < -0.3 is 9.97 Å². The first-order valence-corrected chi connectivity index (χ1v) is 23.8. The van der Waals surface area contributed by atoms with Crippen LogP contribution >= 0.6 is 0 Å². The fourth-order valence-corrected chi connectivity index (χ4v) is 16.5. The Labute approximate surface area is 378 Å². The van der Waals surface area contributed by atoms with E-state index >= 15 is 0 Å². The van der Waals surface area contributed by atoms with Gasteiger partial charge in [-0.25, -0.2) is 0 Å². The highest BCUT2D eigenvalue weighted by Crippen LogP contribution is 2.52. The first-order chi connectivity index (χ1) is 33.7. The molecule has 0 radical (unpaired) electrons. The van der Waals surface area contributed by atoms with E-state index in [1.54, 1.807) is 0 Å². The molecule has 0 saturated carbocycles. The lowest BCUT2D eigenvalue weighted by Crippen LogP contribution is -2.86. The predicted molar refractivity (Wildman–Crippen MR) is 257 cm³/mol. The van der Waals surface area contributed by atoms with Gasteiger partial charge >= 0.3 is 33.9 Å². The molecule has 0 bridgehead atoms. The number of allylic oxidation sites excluding steroid dienone is 2. The minimum Gasteiger partial charge on any atom is -0.361 e. The second-order valence-corrected chi connectivity index (χ2v) is 20.7. The summed E-state index contributed by atoms with van der Waals surface area (Å²) in [6, 6.07) is 42.8. The lowest BCUT2D eigenvalue weighted by molar-refractivity contribution is -0.968. The molecule has 10 aliphatic rings. The Kier molecular flexibility index (Phi) is 3.71. The SMILES string of the molecule is C1=C2C=c3c4c5c(cc6n5C57[N+]8=c9c(c%10cc[nH]c%10cc9=CC8=C6)-c6ccc8ccc9ccc-4[n+]5c9c8[n+]67)c4c3=[N+]2C23n5c1cc1cc6[nH]ccc6c(c15)-c1ccc5ccc6ccc-4[n+]2c6c5[n+]13. The van der Waals surface area contributed by atoms with E-state index in [0.29, 0.717) is 0 Å². The summed E-state index contributed by atoms with van der Waals surface area (Å²) in [6.07, 6.45) is 14.1. The van der Waals surface area contributed by atoms with Gasteiger partial charge in [0.05, 0.1) is 65.5 Å². The highest BCUT2D eigenvalue weighted by atomic mass is 15.6. The minimum atomic E-state index is -0.775. The Morgan fingerprint density at radius 2 is 0.897 bits per heavy atom. The average molecular weight is 863 g/mol. The lowest BCUT2D eigenvalue weighted by atomic mass is 9.93. The van der Waals surface area contributed by atoms with E-state index in [1.807, 2.05) is 0 Å². The molecule has 5 aromatic carbocycles. The predicted octanol–water partition coefficient (Wildman–Crippen LogP) is 4.88. The fraction of sp³-hybridized carbons (Fsp3) is 0.0345. The third-order valence-electron chi connectivity index (χ3n) is 18.3. The van der Waals surface area contributed by atoms with Crippen LogP contribution in [-0.2, 0) is 11.8 Å². The van der Waals surface area contributed by atoms with E-state index < -0.39 is 11.8 Å². The molecule has 2 atom stereocenters. The molecule has 10 aliphatic heterocycles.